The van der Waals surface area contributed by atoms with Gasteiger partial charge in [-0.25, -0.2) is 0 Å². The highest BCUT2D eigenvalue weighted by atomic mass is 16.6. The zero-order valence-corrected chi connectivity index (χ0v) is 20.3. The van der Waals surface area contributed by atoms with Gasteiger partial charge in [-0.05, 0) is 25.9 Å². The van der Waals surface area contributed by atoms with E-state index < -0.39 is 0 Å². The number of nitrogens with one attached hydrogen (secondary N) is 2. The number of hydrogen-bond acceptors (Lipinski definition) is 7. The lowest BCUT2D eigenvalue weighted by Gasteiger charge is -2.19. The Hall–Kier alpha value is -0.280. The molecular weight excluding hydrogens is 396 g/mol. The Morgan fingerprint density at radius 1 is 0.548 bits per heavy atom. The third kappa shape index (κ3) is 18.9. The highest BCUT2D eigenvalue weighted by Crippen LogP contribution is 2.00. The summed E-state index contributed by atoms with van der Waals surface area (Å²) in [6.45, 7) is 12.7. The fraction of sp³-hybridized carbons (Fsp3) is 1.00. The Balaban J connectivity index is 2.22. The van der Waals surface area contributed by atoms with Gasteiger partial charge in [0.25, 0.3) is 0 Å². The van der Waals surface area contributed by atoms with Crippen LogP contribution in [0.2, 0.25) is 0 Å². The van der Waals surface area contributed by atoms with Gasteiger partial charge in [0.2, 0.25) is 0 Å². The summed E-state index contributed by atoms with van der Waals surface area (Å²) in [5.41, 5.74) is 0. The molecule has 0 aliphatic carbocycles. The molecule has 2 N–H and O–H groups in total. The number of hydrogen-bond donors (Lipinski definition) is 2. The average Bonchev–Trinajstić information content (AvgIpc) is 2.79. The summed E-state index contributed by atoms with van der Waals surface area (Å²) in [6, 6.07) is 0. The predicted octanol–water partition coefficient (Wildman–Crippen LogP) is 3.16. The van der Waals surface area contributed by atoms with Gasteiger partial charge in [0.05, 0.1) is 65.1 Å². The third-order valence-corrected chi connectivity index (χ3v) is 5.30. The largest absolute Gasteiger partial charge is 0.377 e. The van der Waals surface area contributed by atoms with Crippen LogP contribution in [0.4, 0.5) is 0 Å². The highest BCUT2D eigenvalue weighted by molar-refractivity contribution is 4.64. The van der Waals surface area contributed by atoms with Gasteiger partial charge in [-0.15, -0.1) is 0 Å². The van der Waals surface area contributed by atoms with E-state index in [9.17, 15) is 0 Å². The minimum absolute atomic E-state index is 0.0424. The Bertz CT molecular complexity index is 331. The molecular formula is C24H50N2O5. The lowest BCUT2D eigenvalue weighted by Crippen LogP contribution is -2.35. The molecule has 0 radical (unpaired) electrons. The van der Waals surface area contributed by atoms with Crippen molar-refractivity contribution in [2.45, 2.75) is 77.4 Å². The van der Waals surface area contributed by atoms with E-state index in [2.05, 4.69) is 24.5 Å². The maximum absolute atomic E-state index is 5.96. The second-order valence-electron chi connectivity index (χ2n) is 8.28. The normalized spacial score (nSPS) is 22.6. The van der Waals surface area contributed by atoms with E-state index in [0.717, 1.165) is 26.2 Å². The van der Waals surface area contributed by atoms with Crippen LogP contribution in [-0.2, 0) is 23.7 Å². The van der Waals surface area contributed by atoms with Gasteiger partial charge >= 0.3 is 0 Å². The first-order valence-corrected chi connectivity index (χ1v) is 12.7. The summed E-state index contributed by atoms with van der Waals surface area (Å²) in [7, 11) is 0. The molecule has 7 heteroatoms. The lowest BCUT2D eigenvalue weighted by atomic mass is 10.2. The smallest absolute Gasteiger partial charge is 0.0933 e. The molecule has 0 aromatic rings. The van der Waals surface area contributed by atoms with Gasteiger partial charge in [-0.3, -0.25) is 0 Å². The summed E-state index contributed by atoms with van der Waals surface area (Å²) in [6.07, 6.45) is 10.2. The van der Waals surface area contributed by atoms with E-state index in [1.807, 2.05) is 0 Å². The average molecular weight is 447 g/mol. The zero-order chi connectivity index (χ0) is 22.2. The van der Waals surface area contributed by atoms with E-state index in [-0.39, 0.29) is 12.2 Å². The van der Waals surface area contributed by atoms with E-state index >= 15 is 0 Å². The van der Waals surface area contributed by atoms with Gasteiger partial charge < -0.3 is 34.3 Å². The van der Waals surface area contributed by atoms with Crippen LogP contribution < -0.4 is 10.6 Å². The van der Waals surface area contributed by atoms with Crippen LogP contribution in [0, 0.1) is 0 Å². The fourth-order valence-corrected chi connectivity index (χ4v) is 3.41. The van der Waals surface area contributed by atoms with Gasteiger partial charge in [-0.2, -0.15) is 0 Å². The predicted molar refractivity (Wildman–Crippen MR) is 126 cm³/mol. The van der Waals surface area contributed by atoms with Crippen molar-refractivity contribution in [3.8, 4) is 0 Å². The second-order valence-corrected chi connectivity index (χ2v) is 8.28. The summed E-state index contributed by atoms with van der Waals surface area (Å²) in [5, 5.41) is 6.99. The van der Waals surface area contributed by atoms with Crippen molar-refractivity contribution in [1.29, 1.82) is 0 Å². The van der Waals surface area contributed by atoms with Crippen LogP contribution in [0.1, 0.15) is 65.2 Å². The van der Waals surface area contributed by atoms with Crippen molar-refractivity contribution in [2.75, 3.05) is 79.0 Å². The maximum Gasteiger partial charge on any atom is 0.0933 e. The molecule has 0 saturated carbocycles. The molecule has 7 nitrogen and oxygen atoms in total. The molecule has 0 amide bonds. The van der Waals surface area contributed by atoms with Crippen molar-refractivity contribution < 1.29 is 23.7 Å². The quantitative estimate of drug-likeness (QED) is 0.397. The van der Waals surface area contributed by atoms with Crippen LogP contribution in [0.15, 0.2) is 0 Å². The summed E-state index contributed by atoms with van der Waals surface area (Å²) in [4.78, 5) is 0. The van der Waals surface area contributed by atoms with E-state index in [1.165, 1.54) is 51.4 Å². The molecule has 1 saturated heterocycles. The van der Waals surface area contributed by atoms with Gasteiger partial charge in [0.1, 0.15) is 0 Å². The van der Waals surface area contributed by atoms with E-state index in [0.29, 0.717) is 52.9 Å². The molecule has 0 spiro atoms. The Morgan fingerprint density at radius 2 is 1.00 bits per heavy atom. The number of unbranched alkanes of at least 4 members (excludes halogenated alkanes) is 6. The number of rotatable bonds is 14. The summed E-state index contributed by atoms with van der Waals surface area (Å²) >= 11 is 0. The Kier molecular flexibility index (Phi) is 21.2. The van der Waals surface area contributed by atoms with Crippen molar-refractivity contribution in [2.24, 2.45) is 0 Å². The van der Waals surface area contributed by atoms with Gasteiger partial charge in [0, 0.05) is 13.1 Å². The maximum atomic E-state index is 5.96. The molecule has 2 atom stereocenters. The molecule has 1 heterocycles. The van der Waals surface area contributed by atoms with Crippen molar-refractivity contribution in [1.82, 2.24) is 10.6 Å². The fourth-order valence-electron chi connectivity index (χ4n) is 3.41. The van der Waals surface area contributed by atoms with Crippen molar-refractivity contribution >= 4 is 0 Å². The molecule has 0 aromatic carbocycles. The second kappa shape index (κ2) is 22.9. The van der Waals surface area contributed by atoms with E-state index in [1.54, 1.807) is 0 Å². The number of ether oxygens (including phenoxy) is 5. The van der Waals surface area contributed by atoms with Crippen LogP contribution >= 0.6 is 0 Å². The van der Waals surface area contributed by atoms with Crippen LogP contribution in [0.25, 0.3) is 0 Å². The molecule has 1 fully saturated rings. The Labute approximate surface area is 191 Å². The zero-order valence-electron chi connectivity index (χ0n) is 20.3. The van der Waals surface area contributed by atoms with Crippen LogP contribution in [-0.4, -0.2) is 91.2 Å². The lowest BCUT2D eigenvalue weighted by molar-refractivity contribution is -0.0450. The van der Waals surface area contributed by atoms with Gasteiger partial charge in [0.15, 0.2) is 0 Å². The van der Waals surface area contributed by atoms with Crippen molar-refractivity contribution in [3.05, 3.63) is 0 Å². The van der Waals surface area contributed by atoms with Gasteiger partial charge in [-0.1, -0.05) is 52.4 Å². The minimum atomic E-state index is 0.0424. The molecule has 186 valence electrons. The minimum Gasteiger partial charge on any atom is -0.377 e. The standard InChI is InChI=1S/C24H50N2O5/c1-3-5-7-9-11-25-19-23-21-28-13-14-29-22-24(20-26-12-10-8-6-4-2)31-18-16-27-15-17-30-23/h23-26H,3-22H2,1-2H3. The van der Waals surface area contributed by atoms with Crippen LogP contribution in [0.3, 0.4) is 0 Å². The van der Waals surface area contributed by atoms with Crippen LogP contribution in [0.5, 0.6) is 0 Å². The SMILES string of the molecule is CCCCCCNCC1COCCOCC(CNCCCCCC)OCCOCCO1. The molecule has 31 heavy (non-hydrogen) atoms. The topological polar surface area (TPSA) is 70.2 Å². The summed E-state index contributed by atoms with van der Waals surface area (Å²) in [5.74, 6) is 0. The highest BCUT2D eigenvalue weighted by Gasteiger charge is 2.12. The molecule has 1 rings (SSSR count). The first kappa shape index (κ1) is 28.8. The molecule has 0 aromatic heterocycles. The first-order valence-electron chi connectivity index (χ1n) is 12.7. The van der Waals surface area contributed by atoms with Crippen molar-refractivity contribution in [3.63, 3.8) is 0 Å². The molecule has 2 unspecified atom stereocenters. The summed E-state index contributed by atoms with van der Waals surface area (Å²) < 4.78 is 29.2. The Morgan fingerprint density at radius 3 is 1.45 bits per heavy atom. The first-order chi connectivity index (χ1) is 15.4. The van der Waals surface area contributed by atoms with E-state index in [4.69, 9.17) is 23.7 Å². The molecule has 1 aliphatic heterocycles. The molecule has 0 bridgehead atoms. The molecule has 1 aliphatic rings. The third-order valence-electron chi connectivity index (χ3n) is 5.30. The monoisotopic (exact) mass is 446 g/mol.